The summed E-state index contributed by atoms with van der Waals surface area (Å²) < 4.78 is 76.6. The average Bonchev–Trinajstić information content (AvgIpc) is 2.54. The van der Waals surface area contributed by atoms with Gasteiger partial charge in [0.15, 0.2) is 6.29 Å². The maximum Gasteiger partial charge on any atom is 0.419 e. The van der Waals surface area contributed by atoms with Gasteiger partial charge in [0.05, 0.1) is 18.8 Å². The molecule has 0 aromatic heterocycles. The number of hydrogen-bond acceptors (Lipinski definition) is 3. The number of halogens is 5. The first-order chi connectivity index (χ1) is 11.8. The van der Waals surface area contributed by atoms with Gasteiger partial charge in [0, 0.05) is 16.4 Å². The van der Waals surface area contributed by atoms with Crippen LogP contribution in [0.5, 0.6) is 0 Å². The van der Waals surface area contributed by atoms with E-state index >= 15 is 0 Å². The van der Waals surface area contributed by atoms with E-state index in [1.165, 1.54) is 12.1 Å². The fourth-order valence-electron chi connectivity index (χ4n) is 2.51. The molecule has 0 bridgehead atoms. The smallest absolute Gasteiger partial charge is 0.347 e. The summed E-state index contributed by atoms with van der Waals surface area (Å²) in [7, 11) is 0. The first-order valence-corrected chi connectivity index (χ1v) is 7.85. The van der Waals surface area contributed by atoms with E-state index in [2.05, 4.69) is 12.6 Å². The lowest BCUT2D eigenvalue weighted by Crippen LogP contribution is -2.27. The van der Waals surface area contributed by atoms with Crippen LogP contribution in [0.2, 0.25) is 0 Å². The van der Waals surface area contributed by atoms with Crippen LogP contribution in [0.4, 0.5) is 22.0 Å². The minimum atomic E-state index is -4.80. The Hall–Kier alpha value is -1.64. The Morgan fingerprint density at radius 2 is 1.60 bits per heavy atom. The molecule has 0 radical (unpaired) electrons. The summed E-state index contributed by atoms with van der Waals surface area (Å²) in [6.07, 6.45) is -5.54. The lowest BCUT2D eigenvalue weighted by Gasteiger charge is -2.27. The van der Waals surface area contributed by atoms with Crippen LogP contribution in [-0.2, 0) is 15.7 Å². The van der Waals surface area contributed by atoms with Crippen molar-refractivity contribution < 1.29 is 31.4 Å². The van der Waals surface area contributed by atoms with Crippen molar-refractivity contribution in [2.45, 2.75) is 17.7 Å². The molecule has 0 atom stereocenters. The van der Waals surface area contributed by atoms with Gasteiger partial charge < -0.3 is 9.47 Å². The van der Waals surface area contributed by atoms with Crippen LogP contribution in [0.15, 0.2) is 36.4 Å². The molecule has 0 saturated carbocycles. The third-order valence-corrected chi connectivity index (χ3v) is 4.03. The van der Waals surface area contributed by atoms with Crippen molar-refractivity contribution in [3.05, 3.63) is 59.2 Å². The van der Waals surface area contributed by atoms with Gasteiger partial charge >= 0.3 is 6.18 Å². The first kappa shape index (κ1) is 18.2. The molecule has 2 nitrogen and oxygen atoms in total. The molecular weight excluding hydrogens is 363 g/mol. The monoisotopic (exact) mass is 376 g/mol. The Labute approximate surface area is 146 Å². The van der Waals surface area contributed by atoms with Crippen LogP contribution in [0.3, 0.4) is 0 Å². The maximum absolute atomic E-state index is 14.4. The molecule has 0 unspecified atom stereocenters. The molecule has 0 amide bonds. The summed E-state index contributed by atoms with van der Waals surface area (Å²) in [5.41, 5.74) is -0.970. The fourth-order valence-corrected chi connectivity index (χ4v) is 2.68. The van der Waals surface area contributed by atoms with E-state index in [0.29, 0.717) is 30.9 Å². The second-order valence-corrected chi connectivity index (χ2v) is 6.31. The van der Waals surface area contributed by atoms with Crippen molar-refractivity contribution in [2.24, 2.45) is 0 Å². The predicted octanol–water partition coefficient (Wildman–Crippen LogP) is 4.99. The molecule has 25 heavy (non-hydrogen) atoms. The summed E-state index contributed by atoms with van der Waals surface area (Å²) in [6.45, 7) is 0.697. The number of alkyl halides is 3. The van der Waals surface area contributed by atoms with Crippen molar-refractivity contribution in [1.82, 2.24) is 0 Å². The van der Waals surface area contributed by atoms with Crippen molar-refractivity contribution >= 4 is 12.6 Å². The van der Waals surface area contributed by atoms with E-state index in [9.17, 15) is 22.0 Å². The van der Waals surface area contributed by atoms with Gasteiger partial charge in [-0.25, -0.2) is 8.78 Å². The van der Waals surface area contributed by atoms with Gasteiger partial charge in [-0.2, -0.15) is 25.8 Å². The largest absolute Gasteiger partial charge is 0.419 e. The standard InChI is InChI=1S/C17H13F5O2S/c18-14-6-10(16-23-7-11(25)8-24-16)1-3-12(14)9-2-4-13(15(19)5-9)17(20,21)22/h1-6,11,16,25H,7-8H2. The van der Waals surface area contributed by atoms with Gasteiger partial charge in [0.1, 0.15) is 11.6 Å². The Bertz CT molecular complexity index is 770. The SMILES string of the molecule is Fc1cc(C2OCC(S)CO2)ccc1-c1ccc(C(F)(F)F)c(F)c1. The van der Waals surface area contributed by atoms with Gasteiger partial charge in [-0.15, -0.1) is 0 Å². The molecule has 2 aromatic rings. The fraction of sp³-hybridized carbons (Fsp3) is 0.294. The first-order valence-electron chi connectivity index (χ1n) is 7.33. The highest BCUT2D eigenvalue weighted by atomic mass is 32.1. The zero-order chi connectivity index (χ0) is 18.2. The molecule has 1 heterocycles. The zero-order valence-electron chi connectivity index (χ0n) is 12.7. The van der Waals surface area contributed by atoms with Gasteiger partial charge in [-0.05, 0) is 23.8 Å². The predicted molar refractivity (Wildman–Crippen MR) is 84.2 cm³/mol. The summed E-state index contributed by atoms with van der Waals surface area (Å²) in [5, 5.41) is -0.0597. The summed E-state index contributed by atoms with van der Waals surface area (Å²) in [6, 6.07) is 6.33. The van der Waals surface area contributed by atoms with E-state index in [-0.39, 0.29) is 16.4 Å². The second kappa shape index (κ2) is 6.93. The Kier molecular flexibility index (Phi) is 5.04. The molecule has 1 aliphatic rings. The number of hydrogen-bond donors (Lipinski definition) is 1. The zero-order valence-corrected chi connectivity index (χ0v) is 13.6. The topological polar surface area (TPSA) is 18.5 Å². The Morgan fingerprint density at radius 3 is 2.16 bits per heavy atom. The van der Waals surface area contributed by atoms with Gasteiger partial charge in [-0.3, -0.25) is 0 Å². The minimum Gasteiger partial charge on any atom is -0.347 e. The Morgan fingerprint density at radius 1 is 0.920 bits per heavy atom. The molecular formula is C17H13F5O2S. The Balaban J connectivity index is 1.87. The average molecular weight is 376 g/mol. The molecule has 0 aliphatic carbocycles. The van der Waals surface area contributed by atoms with Crippen molar-refractivity contribution in [1.29, 1.82) is 0 Å². The van der Waals surface area contributed by atoms with Gasteiger partial charge in [0.2, 0.25) is 0 Å². The van der Waals surface area contributed by atoms with E-state index in [0.717, 1.165) is 12.1 Å². The quantitative estimate of drug-likeness (QED) is 0.588. The van der Waals surface area contributed by atoms with Crippen LogP contribution in [0.1, 0.15) is 17.4 Å². The van der Waals surface area contributed by atoms with Crippen LogP contribution >= 0.6 is 12.6 Å². The third-order valence-electron chi connectivity index (χ3n) is 3.73. The molecule has 0 spiro atoms. The molecule has 3 rings (SSSR count). The maximum atomic E-state index is 14.4. The second-order valence-electron chi connectivity index (χ2n) is 5.58. The van der Waals surface area contributed by atoms with E-state index in [1.54, 1.807) is 0 Å². The van der Waals surface area contributed by atoms with Crippen LogP contribution in [-0.4, -0.2) is 18.5 Å². The number of thiol groups is 1. The highest BCUT2D eigenvalue weighted by Gasteiger charge is 2.34. The highest BCUT2D eigenvalue weighted by molar-refractivity contribution is 7.81. The minimum absolute atomic E-state index is 0.00968. The molecule has 1 aliphatic heterocycles. The van der Waals surface area contributed by atoms with E-state index in [1.807, 2.05) is 0 Å². The lowest BCUT2D eigenvalue weighted by atomic mass is 10.0. The molecule has 0 N–H and O–H groups in total. The number of ether oxygens (including phenoxy) is 2. The third kappa shape index (κ3) is 3.96. The van der Waals surface area contributed by atoms with Crippen molar-refractivity contribution in [3.63, 3.8) is 0 Å². The van der Waals surface area contributed by atoms with Gasteiger partial charge in [-0.1, -0.05) is 18.2 Å². The summed E-state index contributed by atoms with van der Waals surface area (Å²) in [4.78, 5) is 0. The van der Waals surface area contributed by atoms with Crippen molar-refractivity contribution in [2.75, 3.05) is 13.2 Å². The van der Waals surface area contributed by atoms with Crippen LogP contribution < -0.4 is 0 Å². The molecule has 1 saturated heterocycles. The van der Waals surface area contributed by atoms with E-state index in [4.69, 9.17) is 9.47 Å². The van der Waals surface area contributed by atoms with Crippen LogP contribution in [0.25, 0.3) is 11.1 Å². The van der Waals surface area contributed by atoms with Crippen LogP contribution in [0, 0.1) is 11.6 Å². The normalized spacial score (nSPS) is 21.4. The molecule has 1 fully saturated rings. The summed E-state index contributed by atoms with van der Waals surface area (Å²) >= 11 is 4.20. The molecule has 8 heteroatoms. The van der Waals surface area contributed by atoms with E-state index < -0.39 is 29.7 Å². The van der Waals surface area contributed by atoms with Crippen molar-refractivity contribution in [3.8, 4) is 11.1 Å². The van der Waals surface area contributed by atoms with Gasteiger partial charge in [0.25, 0.3) is 0 Å². The molecule has 2 aromatic carbocycles. The lowest BCUT2D eigenvalue weighted by molar-refractivity contribution is -0.179. The number of benzene rings is 2. The highest BCUT2D eigenvalue weighted by Crippen LogP contribution is 2.35. The summed E-state index contributed by atoms with van der Waals surface area (Å²) in [5.74, 6) is -2.16. The molecule has 134 valence electrons. The number of rotatable bonds is 2.